The number of carbonyl (C=O) groups excluding carboxylic acids is 3. The fraction of sp³-hybridized carbons (Fsp3) is 0.471. The lowest BCUT2D eigenvalue weighted by Crippen LogP contribution is -2.30. The molecule has 1 atom stereocenters. The molecule has 0 saturated carbocycles. The highest BCUT2D eigenvalue weighted by molar-refractivity contribution is 8.00. The second-order valence-electron chi connectivity index (χ2n) is 5.69. The number of esters is 1. The van der Waals surface area contributed by atoms with Gasteiger partial charge in [-0.15, -0.1) is 11.8 Å². The van der Waals surface area contributed by atoms with Gasteiger partial charge < -0.3 is 15.0 Å². The first-order valence-corrected chi connectivity index (χ1v) is 8.85. The SMILES string of the molecule is COC(=O)CSC1CCN(C(=O)Cc2ccc(NC(C)=O)cc2)C1. The zero-order valence-corrected chi connectivity index (χ0v) is 14.7. The van der Waals surface area contributed by atoms with Gasteiger partial charge in [-0.25, -0.2) is 0 Å². The molecular weight excluding hydrogens is 328 g/mol. The summed E-state index contributed by atoms with van der Waals surface area (Å²) in [6.45, 7) is 2.85. The van der Waals surface area contributed by atoms with Gasteiger partial charge >= 0.3 is 5.97 Å². The third-order valence-corrected chi connectivity index (χ3v) is 5.05. The summed E-state index contributed by atoms with van der Waals surface area (Å²) >= 11 is 1.54. The van der Waals surface area contributed by atoms with E-state index in [4.69, 9.17) is 0 Å². The average molecular weight is 350 g/mol. The van der Waals surface area contributed by atoms with Gasteiger partial charge in [-0.05, 0) is 24.1 Å². The van der Waals surface area contributed by atoms with Crippen molar-refractivity contribution in [3.8, 4) is 0 Å². The van der Waals surface area contributed by atoms with Gasteiger partial charge in [-0.1, -0.05) is 12.1 Å². The molecule has 0 aliphatic carbocycles. The Kier molecular flexibility index (Phi) is 6.66. The highest BCUT2D eigenvalue weighted by atomic mass is 32.2. The van der Waals surface area contributed by atoms with Crippen LogP contribution in [0, 0.1) is 0 Å². The van der Waals surface area contributed by atoms with E-state index in [1.165, 1.54) is 14.0 Å². The van der Waals surface area contributed by atoms with Crippen molar-refractivity contribution in [2.24, 2.45) is 0 Å². The van der Waals surface area contributed by atoms with Crippen LogP contribution in [0.2, 0.25) is 0 Å². The Hall–Kier alpha value is -2.02. The summed E-state index contributed by atoms with van der Waals surface area (Å²) in [6, 6.07) is 7.29. The normalized spacial score (nSPS) is 16.8. The molecule has 0 radical (unpaired) electrons. The Bertz CT molecular complexity index is 603. The number of hydrogen-bond acceptors (Lipinski definition) is 5. The average Bonchev–Trinajstić information content (AvgIpc) is 3.03. The van der Waals surface area contributed by atoms with E-state index in [2.05, 4.69) is 10.1 Å². The quantitative estimate of drug-likeness (QED) is 0.790. The molecule has 24 heavy (non-hydrogen) atoms. The molecule has 1 unspecified atom stereocenters. The van der Waals surface area contributed by atoms with Crippen molar-refractivity contribution in [3.63, 3.8) is 0 Å². The summed E-state index contributed by atoms with van der Waals surface area (Å²) in [5.74, 6) is 0.0623. The number of benzene rings is 1. The molecule has 1 aliphatic rings. The number of likely N-dealkylation sites (tertiary alicyclic amines) is 1. The minimum absolute atomic E-state index is 0.0865. The van der Waals surface area contributed by atoms with Crippen LogP contribution >= 0.6 is 11.8 Å². The van der Waals surface area contributed by atoms with Crippen molar-refractivity contribution in [3.05, 3.63) is 29.8 Å². The zero-order valence-electron chi connectivity index (χ0n) is 13.9. The fourth-order valence-electron chi connectivity index (χ4n) is 2.53. The van der Waals surface area contributed by atoms with Gasteiger partial charge in [0.15, 0.2) is 0 Å². The molecule has 7 heteroatoms. The third kappa shape index (κ3) is 5.56. The molecule has 0 aromatic heterocycles. The van der Waals surface area contributed by atoms with Crippen molar-refractivity contribution in [1.82, 2.24) is 4.90 Å². The number of nitrogens with zero attached hydrogens (tertiary/aromatic N) is 1. The van der Waals surface area contributed by atoms with Crippen molar-refractivity contribution < 1.29 is 19.1 Å². The lowest BCUT2D eigenvalue weighted by Gasteiger charge is -2.16. The molecular formula is C17H22N2O4S. The first-order chi connectivity index (χ1) is 11.5. The maximum atomic E-state index is 12.4. The molecule has 1 aromatic rings. The highest BCUT2D eigenvalue weighted by Crippen LogP contribution is 2.23. The zero-order chi connectivity index (χ0) is 17.5. The summed E-state index contributed by atoms with van der Waals surface area (Å²) in [4.78, 5) is 36.4. The number of carbonyl (C=O) groups is 3. The van der Waals surface area contributed by atoms with Crippen LogP contribution in [0.5, 0.6) is 0 Å². The van der Waals surface area contributed by atoms with E-state index in [0.29, 0.717) is 18.7 Å². The molecule has 0 bridgehead atoms. The molecule has 6 nitrogen and oxygen atoms in total. The molecule has 1 saturated heterocycles. The first-order valence-electron chi connectivity index (χ1n) is 7.80. The maximum absolute atomic E-state index is 12.4. The number of rotatable bonds is 6. The number of hydrogen-bond donors (Lipinski definition) is 1. The van der Waals surface area contributed by atoms with Gasteiger partial charge in [-0.2, -0.15) is 0 Å². The third-order valence-electron chi connectivity index (χ3n) is 3.79. The highest BCUT2D eigenvalue weighted by Gasteiger charge is 2.27. The topological polar surface area (TPSA) is 75.7 Å². The molecule has 1 aliphatic heterocycles. The van der Waals surface area contributed by atoms with E-state index >= 15 is 0 Å². The molecule has 2 rings (SSSR count). The van der Waals surface area contributed by atoms with Crippen molar-refractivity contribution in [2.45, 2.75) is 25.0 Å². The summed E-state index contributed by atoms with van der Waals surface area (Å²) in [5, 5.41) is 2.99. The van der Waals surface area contributed by atoms with E-state index in [1.54, 1.807) is 23.9 Å². The van der Waals surface area contributed by atoms with Gasteiger partial charge in [0.2, 0.25) is 11.8 Å². The minimum atomic E-state index is -0.232. The van der Waals surface area contributed by atoms with E-state index in [0.717, 1.165) is 24.2 Å². The first kappa shape index (κ1) is 18.3. The Morgan fingerprint density at radius 1 is 1.29 bits per heavy atom. The van der Waals surface area contributed by atoms with E-state index in [-0.39, 0.29) is 23.0 Å². The van der Waals surface area contributed by atoms with Gasteiger partial charge in [0.1, 0.15) is 0 Å². The summed E-state index contributed by atoms with van der Waals surface area (Å²) in [6.07, 6.45) is 1.24. The maximum Gasteiger partial charge on any atom is 0.315 e. The van der Waals surface area contributed by atoms with Crippen LogP contribution in [0.3, 0.4) is 0 Å². The number of methoxy groups -OCH3 is 1. The predicted molar refractivity (Wildman–Crippen MR) is 93.9 cm³/mol. The standard InChI is InChI=1S/C17H22N2O4S/c1-12(20)18-14-5-3-13(4-6-14)9-16(21)19-8-7-15(10-19)24-11-17(22)23-2/h3-6,15H,7-11H2,1-2H3,(H,18,20). The van der Waals surface area contributed by atoms with Gasteiger partial charge in [-0.3, -0.25) is 14.4 Å². The van der Waals surface area contributed by atoms with Gasteiger partial charge in [0.05, 0.1) is 19.3 Å². The largest absolute Gasteiger partial charge is 0.468 e. The van der Waals surface area contributed by atoms with Crippen LogP contribution in [0.1, 0.15) is 18.9 Å². The Morgan fingerprint density at radius 2 is 2.00 bits per heavy atom. The molecule has 1 fully saturated rings. The second kappa shape index (κ2) is 8.73. The number of amides is 2. The van der Waals surface area contributed by atoms with Crippen LogP contribution in [0.25, 0.3) is 0 Å². The van der Waals surface area contributed by atoms with Crippen LogP contribution in [-0.4, -0.2) is 53.9 Å². The molecule has 130 valence electrons. The van der Waals surface area contributed by atoms with Crippen LogP contribution < -0.4 is 5.32 Å². The summed E-state index contributed by atoms with van der Waals surface area (Å²) < 4.78 is 4.63. The number of nitrogens with one attached hydrogen (secondary N) is 1. The van der Waals surface area contributed by atoms with Crippen LogP contribution in [-0.2, 0) is 25.5 Å². The molecule has 1 aromatic carbocycles. The second-order valence-corrected chi connectivity index (χ2v) is 6.98. The van der Waals surface area contributed by atoms with Crippen LogP contribution in [0.4, 0.5) is 5.69 Å². The van der Waals surface area contributed by atoms with Crippen LogP contribution in [0.15, 0.2) is 24.3 Å². The van der Waals surface area contributed by atoms with E-state index < -0.39 is 0 Å². The monoisotopic (exact) mass is 350 g/mol. The summed E-state index contributed by atoms with van der Waals surface area (Å²) in [7, 11) is 1.38. The van der Waals surface area contributed by atoms with Crippen molar-refractivity contribution in [1.29, 1.82) is 0 Å². The Labute approximate surface area is 145 Å². The number of thioether (sulfide) groups is 1. The predicted octanol–water partition coefficient (Wildman–Crippen LogP) is 1.69. The lowest BCUT2D eigenvalue weighted by atomic mass is 10.1. The van der Waals surface area contributed by atoms with Gasteiger partial charge in [0, 0.05) is 31.0 Å². The Morgan fingerprint density at radius 3 is 2.62 bits per heavy atom. The summed E-state index contributed by atoms with van der Waals surface area (Å²) in [5.41, 5.74) is 1.64. The number of ether oxygens (including phenoxy) is 1. The molecule has 1 N–H and O–H groups in total. The Balaban J connectivity index is 1.80. The van der Waals surface area contributed by atoms with Gasteiger partial charge in [0.25, 0.3) is 0 Å². The molecule has 0 spiro atoms. The lowest BCUT2D eigenvalue weighted by molar-refractivity contribution is -0.137. The van der Waals surface area contributed by atoms with Crippen molar-refractivity contribution >= 4 is 35.2 Å². The fourth-order valence-corrected chi connectivity index (χ4v) is 3.58. The van der Waals surface area contributed by atoms with Crippen molar-refractivity contribution in [2.75, 3.05) is 31.3 Å². The smallest absolute Gasteiger partial charge is 0.315 e. The molecule has 1 heterocycles. The molecule has 2 amide bonds. The number of anilines is 1. The van der Waals surface area contributed by atoms with E-state index in [1.807, 2.05) is 17.0 Å². The van der Waals surface area contributed by atoms with E-state index in [9.17, 15) is 14.4 Å². The minimum Gasteiger partial charge on any atom is -0.468 e.